The Morgan fingerprint density at radius 2 is 2.30 bits per heavy atom. The highest BCUT2D eigenvalue weighted by molar-refractivity contribution is 6.03. The second-order valence-electron chi connectivity index (χ2n) is 5.62. The summed E-state index contributed by atoms with van der Waals surface area (Å²) in [5, 5.41) is 17.9. The molecule has 1 fully saturated rings. The van der Waals surface area contributed by atoms with Crippen LogP contribution in [0.25, 0.3) is 0 Å². The van der Waals surface area contributed by atoms with E-state index in [0.29, 0.717) is 13.1 Å². The van der Waals surface area contributed by atoms with Crippen LogP contribution in [0.5, 0.6) is 0 Å². The van der Waals surface area contributed by atoms with E-state index in [0.717, 1.165) is 18.4 Å². The fraction of sp³-hybridized carbons (Fsp3) is 0.333. The molecule has 1 saturated heterocycles. The molecule has 1 amide bonds. The van der Waals surface area contributed by atoms with Gasteiger partial charge in [-0.1, -0.05) is 6.07 Å². The lowest BCUT2D eigenvalue weighted by molar-refractivity contribution is -0.385. The van der Waals surface area contributed by atoms with E-state index in [4.69, 9.17) is 5.73 Å². The summed E-state index contributed by atoms with van der Waals surface area (Å²) in [5.41, 5.74) is 6.73. The lowest BCUT2D eigenvalue weighted by atomic mass is 9.92. The van der Waals surface area contributed by atoms with E-state index in [-0.39, 0.29) is 28.8 Å². The van der Waals surface area contributed by atoms with Crippen LogP contribution in [-0.4, -0.2) is 39.0 Å². The number of rotatable bonds is 3. The number of nitro groups is 1. The number of aromatic amines is 1. The number of nitro benzene ring substituents is 1. The molecule has 0 saturated carbocycles. The molecule has 8 heteroatoms. The molecule has 0 unspecified atom stereocenters. The van der Waals surface area contributed by atoms with E-state index in [1.54, 1.807) is 11.1 Å². The van der Waals surface area contributed by atoms with Crippen LogP contribution in [0, 0.1) is 10.1 Å². The zero-order chi connectivity index (χ0) is 16.4. The van der Waals surface area contributed by atoms with Crippen molar-refractivity contribution in [3.05, 3.63) is 51.8 Å². The van der Waals surface area contributed by atoms with Crippen molar-refractivity contribution in [3.8, 4) is 0 Å². The molecule has 120 valence electrons. The van der Waals surface area contributed by atoms with E-state index in [2.05, 4.69) is 10.2 Å². The fourth-order valence-electron chi connectivity index (χ4n) is 3.02. The van der Waals surface area contributed by atoms with Crippen LogP contribution in [0.2, 0.25) is 0 Å². The molecule has 1 aromatic heterocycles. The van der Waals surface area contributed by atoms with Crippen molar-refractivity contribution in [2.24, 2.45) is 0 Å². The lowest BCUT2D eigenvalue weighted by Gasteiger charge is -2.32. The first-order chi connectivity index (χ1) is 11.1. The van der Waals surface area contributed by atoms with Gasteiger partial charge >= 0.3 is 0 Å². The van der Waals surface area contributed by atoms with Crippen LogP contribution in [0.15, 0.2) is 30.6 Å². The monoisotopic (exact) mass is 315 g/mol. The number of piperidine rings is 1. The highest BCUT2D eigenvalue weighted by Crippen LogP contribution is 2.30. The van der Waals surface area contributed by atoms with Gasteiger partial charge in [-0.15, -0.1) is 0 Å². The third-order valence-electron chi connectivity index (χ3n) is 4.18. The summed E-state index contributed by atoms with van der Waals surface area (Å²) < 4.78 is 0. The zero-order valence-corrected chi connectivity index (χ0v) is 12.4. The SMILES string of the molecule is Nc1cccc([N+](=O)[O-])c1C(=O)N1CCC[C@H](c2cn[nH]c2)C1. The molecular weight excluding hydrogens is 298 g/mol. The number of benzene rings is 1. The number of amides is 1. The number of carbonyl (C=O) groups excluding carboxylic acids is 1. The third kappa shape index (κ3) is 2.87. The summed E-state index contributed by atoms with van der Waals surface area (Å²) >= 11 is 0. The van der Waals surface area contributed by atoms with Crippen molar-refractivity contribution < 1.29 is 9.72 Å². The Balaban J connectivity index is 1.87. The number of anilines is 1. The number of H-pyrrole nitrogens is 1. The third-order valence-corrected chi connectivity index (χ3v) is 4.18. The molecule has 0 spiro atoms. The number of nitrogens with one attached hydrogen (secondary N) is 1. The highest BCUT2D eigenvalue weighted by atomic mass is 16.6. The summed E-state index contributed by atoms with van der Waals surface area (Å²) in [5.74, 6) is -0.210. The topological polar surface area (TPSA) is 118 Å². The molecule has 1 atom stereocenters. The number of nitrogens with two attached hydrogens (primary N) is 1. The Labute approximate surface area is 132 Å². The maximum atomic E-state index is 12.8. The van der Waals surface area contributed by atoms with Crippen LogP contribution in [0.3, 0.4) is 0 Å². The fourth-order valence-corrected chi connectivity index (χ4v) is 3.02. The molecule has 0 radical (unpaired) electrons. The molecule has 1 aromatic carbocycles. The molecule has 0 bridgehead atoms. The van der Waals surface area contributed by atoms with Gasteiger partial charge in [0.1, 0.15) is 5.56 Å². The van der Waals surface area contributed by atoms with Crippen molar-refractivity contribution in [1.29, 1.82) is 0 Å². The minimum Gasteiger partial charge on any atom is -0.398 e. The van der Waals surface area contributed by atoms with E-state index in [1.165, 1.54) is 18.2 Å². The van der Waals surface area contributed by atoms with Crippen LogP contribution < -0.4 is 5.73 Å². The Kier molecular flexibility index (Phi) is 3.96. The van der Waals surface area contributed by atoms with Crippen molar-refractivity contribution >= 4 is 17.3 Å². The van der Waals surface area contributed by atoms with E-state index < -0.39 is 4.92 Å². The quantitative estimate of drug-likeness (QED) is 0.509. The summed E-state index contributed by atoms with van der Waals surface area (Å²) in [4.78, 5) is 25.0. The number of aromatic nitrogens is 2. The number of nitrogens with zero attached hydrogens (tertiary/aromatic N) is 3. The number of hydrogen-bond donors (Lipinski definition) is 2. The van der Waals surface area contributed by atoms with Gasteiger partial charge in [0, 0.05) is 31.3 Å². The van der Waals surface area contributed by atoms with Gasteiger partial charge in [-0.05, 0) is 24.5 Å². The normalized spacial score (nSPS) is 17.9. The van der Waals surface area contributed by atoms with Gasteiger partial charge in [-0.3, -0.25) is 20.0 Å². The summed E-state index contributed by atoms with van der Waals surface area (Å²) in [6.07, 6.45) is 5.35. The van der Waals surface area contributed by atoms with Crippen molar-refractivity contribution in [2.75, 3.05) is 18.8 Å². The van der Waals surface area contributed by atoms with Crippen LogP contribution in [0.1, 0.15) is 34.7 Å². The first kappa shape index (κ1) is 15.0. The molecule has 2 aromatic rings. The smallest absolute Gasteiger partial charge is 0.284 e. The minimum absolute atomic E-state index is 0.0228. The second-order valence-corrected chi connectivity index (χ2v) is 5.62. The largest absolute Gasteiger partial charge is 0.398 e. The summed E-state index contributed by atoms with van der Waals surface area (Å²) in [7, 11) is 0. The first-order valence-corrected chi connectivity index (χ1v) is 7.38. The maximum absolute atomic E-state index is 12.8. The predicted octanol–water partition coefficient (Wildman–Crippen LogP) is 1.92. The van der Waals surface area contributed by atoms with Gasteiger partial charge in [-0.25, -0.2) is 0 Å². The Morgan fingerprint density at radius 1 is 1.48 bits per heavy atom. The number of likely N-dealkylation sites (tertiary alicyclic amines) is 1. The van der Waals surface area contributed by atoms with Crippen LogP contribution >= 0.6 is 0 Å². The van der Waals surface area contributed by atoms with Gasteiger partial charge in [0.25, 0.3) is 11.6 Å². The van der Waals surface area contributed by atoms with Gasteiger partial charge in [0.05, 0.1) is 16.8 Å². The number of hydrogen-bond acceptors (Lipinski definition) is 5. The highest BCUT2D eigenvalue weighted by Gasteiger charge is 2.31. The molecule has 2 heterocycles. The van der Waals surface area contributed by atoms with E-state index in [9.17, 15) is 14.9 Å². The second kappa shape index (κ2) is 6.07. The Bertz CT molecular complexity index is 729. The molecule has 23 heavy (non-hydrogen) atoms. The van der Waals surface area contributed by atoms with Crippen LogP contribution in [-0.2, 0) is 0 Å². The van der Waals surface area contributed by atoms with Crippen LogP contribution in [0.4, 0.5) is 11.4 Å². The van der Waals surface area contributed by atoms with Gasteiger partial charge in [0.2, 0.25) is 0 Å². The average Bonchev–Trinajstić information content (AvgIpc) is 3.08. The molecular formula is C15H17N5O3. The van der Waals surface area contributed by atoms with Gasteiger partial charge in [-0.2, -0.15) is 5.10 Å². The van der Waals surface area contributed by atoms with Crippen molar-refractivity contribution in [3.63, 3.8) is 0 Å². The van der Waals surface area contributed by atoms with Crippen molar-refractivity contribution in [1.82, 2.24) is 15.1 Å². The summed E-state index contributed by atoms with van der Waals surface area (Å²) in [6.45, 7) is 1.07. The molecule has 1 aliphatic heterocycles. The van der Waals surface area contributed by atoms with E-state index in [1.807, 2.05) is 6.20 Å². The predicted molar refractivity (Wildman–Crippen MR) is 84.0 cm³/mol. The molecule has 3 rings (SSSR count). The Morgan fingerprint density at radius 3 is 3.00 bits per heavy atom. The number of carbonyl (C=O) groups is 1. The molecule has 1 aliphatic rings. The first-order valence-electron chi connectivity index (χ1n) is 7.38. The van der Waals surface area contributed by atoms with Crippen molar-refractivity contribution in [2.45, 2.75) is 18.8 Å². The zero-order valence-electron chi connectivity index (χ0n) is 12.4. The average molecular weight is 315 g/mol. The van der Waals surface area contributed by atoms with Gasteiger partial charge in [0.15, 0.2) is 0 Å². The molecule has 8 nitrogen and oxygen atoms in total. The minimum atomic E-state index is -0.568. The summed E-state index contributed by atoms with van der Waals surface area (Å²) in [6, 6.07) is 4.30. The van der Waals surface area contributed by atoms with E-state index >= 15 is 0 Å². The number of nitrogen functional groups attached to an aromatic ring is 1. The maximum Gasteiger partial charge on any atom is 0.284 e. The Hall–Kier alpha value is -2.90. The van der Waals surface area contributed by atoms with Gasteiger partial charge < -0.3 is 10.6 Å². The molecule has 3 N–H and O–H groups in total. The lowest BCUT2D eigenvalue weighted by Crippen LogP contribution is -2.39. The molecule has 0 aliphatic carbocycles. The standard InChI is InChI=1S/C15H17N5O3/c16-12-4-1-5-13(20(22)23)14(12)15(21)19-6-2-3-10(9-19)11-7-17-18-8-11/h1,4-5,7-8,10H,2-3,6,9,16H2,(H,17,18)/t10-/m0/s1.